The van der Waals surface area contributed by atoms with Gasteiger partial charge in [-0.2, -0.15) is 0 Å². The number of nitrogens with one attached hydrogen (secondary N) is 2. The van der Waals surface area contributed by atoms with Gasteiger partial charge in [-0.05, 0) is 61.7 Å². The molecule has 0 amide bonds. The highest BCUT2D eigenvalue weighted by Crippen LogP contribution is 2.38. The summed E-state index contributed by atoms with van der Waals surface area (Å²) in [6, 6.07) is 7.31. The number of ether oxygens (including phenoxy) is 1. The maximum atomic E-state index is 12.2. The maximum absolute atomic E-state index is 12.2. The SMILES string of the molecule is COC(=O)c1c(NC(=S)Nc2cccc(Cl)c2)sc2c1CCCC2. The van der Waals surface area contributed by atoms with E-state index in [1.54, 1.807) is 23.5 Å². The first-order valence-corrected chi connectivity index (χ1v) is 9.25. The van der Waals surface area contributed by atoms with E-state index < -0.39 is 0 Å². The van der Waals surface area contributed by atoms with E-state index in [1.807, 2.05) is 12.1 Å². The number of benzene rings is 1. The van der Waals surface area contributed by atoms with Crippen molar-refractivity contribution in [3.63, 3.8) is 0 Å². The zero-order chi connectivity index (χ0) is 17.1. The number of thiocarbonyl (C=S) groups is 1. The Balaban J connectivity index is 1.82. The molecule has 0 atom stereocenters. The number of aryl methyl sites for hydroxylation is 1. The molecule has 7 heteroatoms. The van der Waals surface area contributed by atoms with Crippen molar-refractivity contribution in [2.45, 2.75) is 25.7 Å². The van der Waals surface area contributed by atoms with Crippen LogP contribution in [0.4, 0.5) is 10.7 Å². The number of carbonyl (C=O) groups excluding carboxylic acids is 1. The second kappa shape index (κ2) is 7.51. The Hall–Kier alpha value is -1.63. The van der Waals surface area contributed by atoms with Gasteiger partial charge in [0.15, 0.2) is 5.11 Å². The molecule has 0 radical (unpaired) electrons. The van der Waals surface area contributed by atoms with Crippen LogP contribution in [0.5, 0.6) is 0 Å². The van der Waals surface area contributed by atoms with Crippen molar-refractivity contribution in [1.29, 1.82) is 0 Å². The average molecular weight is 381 g/mol. The van der Waals surface area contributed by atoms with Gasteiger partial charge >= 0.3 is 5.97 Å². The lowest BCUT2D eigenvalue weighted by Crippen LogP contribution is -2.20. The van der Waals surface area contributed by atoms with Gasteiger partial charge in [-0.3, -0.25) is 0 Å². The third-order valence-corrected chi connectivity index (χ3v) is 5.52. The van der Waals surface area contributed by atoms with E-state index in [9.17, 15) is 4.79 Å². The van der Waals surface area contributed by atoms with Crippen LogP contribution in [0.1, 0.15) is 33.6 Å². The Kier molecular flexibility index (Phi) is 5.38. The Bertz CT molecular complexity index is 789. The number of methoxy groups -OCH3 is 1. The van der Waals surface area contributed by atoms with Crippen LogP contribution in [-0.2, 0) is 17.6 Å². The number of carbonyl (C=O) groups is 1. The standard InChI is InChI=1S/C17H17ClN2O2S2/c1-22-16(21)14-12-7-2-3-8-13(12)24-15(14)20-17(23)19-11-6-4-5-10(18)9-11/h4-6,9H,2-3,7-8H2,1H3,(H2,19,20,23). The molecule has 126 valence electrons. The molecule has 2 aromatic rings. The normalized spacial score (nSPS) is 13.1. The van der Waals surface area contributed by atoms with Crippen LogP contribution in [0, 0.1) is 0 Å². The van der Waals surface area contributed by atoms with E-state index in [2.05, 4.69) is 10.6 Å². The number of hydrogen-bond donors (Lipinski definition) is 2. The second-order valence-corrected chi connectivity index (χ2v) is 7.45. The lowest BCUT2D eigenvalue weighted by molar-refractivity contribution is 0.0601. The predicted molar refractivity (Wildman–Crippen MR) is 104 cm³/mol. The molecule has 3 rings (SSSR count). The van der Waals surface area contributed by atoms with Crippen molar-refractivity contribution in [1.82, 2.24) is 0 Å². The van der Waals surface area contributed by atoms with E-state index in [0.717, 1.165) is 41.9 Å². The topological polar surface area (TPSA) is 50.4 Å². The minimum absolute atomic E-state index is 0.317. The fourth-order valence-electron chi connectivity index (χ4n) is 2.80. The van der Waals surface area contributed by atoms with Crippen LogP contribution in [0.15, 0.2) is 24.3 Å². The number of halogens is 1. The van der Waals surface area contributed by atoms with E-state index in [0.29, 0.717) is 15.7 Å². The molecule has 2 N–H and O–H groups in total. The monoisotopic (exact) mass is 380 g/mol. The molecule has 1 aliphatic carbocycles. The summed E-state index contributed by atoms with van der Waals surface area (Å²) in [5, 5.41) is 8.02. The fraction of sp³-hybridized carbons (Fsp3) is 0.294. The van der Waals surface area contributed by atoms with Crippen LogP contribution in [0.3, 0.4) is 0 Å². The molecule has 4 nitrogen and oxygen atoms in total. The van der Waals surface area contributed by atoms with Crippen LogP contribution < -0.4 is 10.6 Å². The van der Waals surface area contributed by atoms with E-state index in [4.69, 9.17) is 28.6 Å². The van der Waals surface area contributed by atoms with E-state index in [1.165, 1.54) is 12.0 Å². The highest BCUT2D eigenvalue weighted by molar-refractivity contribution is 7.80. The van der Waals surface area contributed by atoms with Gasteiger partial charge in [0.2, 0.25) is 0 Å². The third kappa shape index (κ3) is 3.71. The lowest BCUT2D eigenvalue weighted by atomic mass is 9.95. The molecule has 0 bridgehead atoms. The Labute approximate surface area is 155 Å². The van der Waals surface area contributed by atoms with Crippen LogP contribution >= 0.6 is 35.2 Å². The summed E-state index contributed by atoms with van der Waals surface area (Å²) in [7, 11) is 1.40. The fourth-order valence-corrected chi connectivity index (χ4v) is 4.56. The van der Waals surface area contributed by atoms with Gasteiger partial charge in [0.05, 0.1) is 12.7 Å². The number of esters is 1. The highest BCUT2D eigenvalue weighted by Gasteiger charge is 2.26. The summed E-state index contributed by atoms with van der Waals surface area (Å²) in [4.78, 5) is 13.5. The van der Waals surface area contributed by atoms with Gasteiger partial charge in [-0.25, -0.2) is 4.79 Å². The van der Waals surface area contributed by atoms with Crippen molar-refractivity contribution < 1.29 is 9.53 Å². The van der Waals surface area contributed by atoms with Crippen LogP contribution in [-0.4, -0.2) is 18.2 Å². The summed E-state index contributed by atoms with van der Waals surface area (Å²) in [5.74, 6) is -0.317. The first-order chi connectivity index (χ1) is 11.6. The number of anilines is 2. The number of thiophene rings is 1. The second-order valence-electron chi connectivity index (χ2n) is 5.50. The molecule has 24 heavy (non-hydrogen) atoms. The van der Waals surface area contributed by atoms with Crippen molar-refractivity contribution in [3.05, 3.63) is 45.3 Å². The molecule has 0 saturated heterocycles. The Morgan fingerprint density at radius 3 is 2.83 bits per heavy atom. The average Bonchev–Trinajstić information content (AvgIpc) is 2.91. The van der Waals surface area contributed by atoms with Crippen molar-refractivity contribution in [2.24, 2.45) is 0 Å². The summed E-state index contributed by atoms with van der Waals surface area (Å²) in [5.41, 5.74) is 2.51. The smallest absolute Gasteiger partial charge is 0.341 e. The quantitative estimate of drug-likeness (QED) is 0.587. The molecule has 1 aromatic heterocycles. The number of hydrogen-bond acceptors (Lipinski definition) is 4. The summed E-state index contributed by atoms with van der Waals surface area (Å²) in [6.45, 7) is 0. The molecule has 1 aromatic carbocycles. The first kappa shape index (κ1) is 17.2. The molecule has 1 aliphatic rings. The van der Waals surface area contributed by atoms with Gasteiger partial charge in [0.1, 0.15) is 5.00 Å². The van der Waals surface area contributed by atoms with Gasteiger partial charge < -0.3 is 15.4 Å². The molecule has 1 heterocycles. The maximum Gasteiger partial charge on any atom is 0.341 e. The minimum Gasteiger partial charge on any atom is -0.465 e. The Morgan fingerprint density at radius 2 is 2.08 bits per heavy atom. The van der Waals surface area contributed by atoms with Gasteiger partial charge in [-0.1, -0.05) is 17.7 Å². The van der Waals surface area contributed by atoms with Gasteiger partial charge in [0, 0.05) is 15.6 Å². The third-order valence-electron chi connectivity index (χ3n) is 3.87. The van der Waals surface area contributed by atoms with E-state index >= 15 is 0 Å². The van der Waals surface area contributed by atoms with Crippen LogP contribution in [0.25, 0.3) is 0 Å². The minimum atomic E-state index is -0.317. The molecule has 0 unspecified atom stereocenters. The molecule has 0 aliphatic heterocycles. The van der Waals surface area contributed by atoms with Crippen LogP contribution in [0.2, 0.25) is 5.02 Å². The van der Waals surface area contributed by atoms with Crippen molar-refractivity contribution >= 4 is 56.9 Å². The summed E-state index contributed by atoms with van der Waals surface area (Å²) < 4.78 is 4.96. The predicted octanol–water partition coefficient (Wildman–Crippen LogP) is 4.88. The largest absolute Gasteiger partial charge is 0.465 e. The van der Waals surface area contributed by atoms with Gasteiger partial charge in [0.25, 0.3) is 0 Å². The molecule has 0 spiro atoms. The zero-order valence-corrected chi connectivity index (χ0v) is 15.5. The lowest BCUT2D eigenvalue weighted by Gasteiger charge is -2.12. The van der Waals surface area contributed by atoms with E-state index in [-0.39, 0.29) is 5.97 Å². The summed E-state index contributed by atoms with van der Waals surface area (Å²) in [6.07, 6.45) is 4.16. The number of fused-ring (bicyclic) bond motifs is 1. The molecule has 0 saturated carbocycles. The molecular formula is C17H17ClN2O2S2. The zero-order valence-electron chi connectivity index (χ0n) is 13.1. The first-order valence-electron chi connectivity index (χ1n) is 7.65. The number of rotatable bonds is 3. The van der Waals surface area contributed by atoms with Gasteiger partial charge in [-0.15, -0.1) is 11.3 Å². The Morgan fingerprint density at radius 1 is 1.29 bits per heavy atom. The summed E-state index contributed by atoms with van der Waals surface area (Å²) >= 11 is 12.9. The molecule has 0 fully saturated rings. The molecular weight excluding hydrogens is 364 g/mol. The van der Waals surface area contributed by atoms with Crippen molar-refractivity contribution in [3.8, 4) is 0 Å². The van der Waals surface area contributed by atoms with Crippen molar-refractivity contribution in [2.75, 3.05) is 17.7 Å². The highest BCUT2D eigenvalue weighted by atomic mass is 35.5.